The number of rotatable bonds is 5. The van der Waals surface area contributed by atoms with Crippen LogP contribution in [0.5, 0.6) is 0 Å². The molecule has 0 unspecified atom stereocenters. The Morgan fingerprint density at radius 2 is 1.55 bits per heavy atom. The maximum absolute atomic E-state index is 13.3. The van der Waals surface area contributed by atoms with Crippen molar-refractivity contribution < 1.29 is 9.53 Å². The average molecular weight is 610 g/mol. The number of ether oxygens (including phenoxy) is 1. The van der Waals surface area contributed by atoms with Gasteiger partial charge in [0.15, 0.2) is 0 Å². The fraction of sp³-hybridized carbons (Fsp3) is 0.500. The Balaban J connectivity index is 0.00000107. The van der Waals surface area contributed by atoms with Gasteiger partial charge >= 0.3 is 5.69 Å². The second-order valence-electron chi connectivity index (χ2n) is 10.1. The van der Waals surface area contributed by atoms with E-state index in [4.69, 9.17) is 0 Å². The highest BCUT2D eigenvalue weighted by molar-refractivity contribution is 9.11. The Labute approximate surface area is 240 Å². The van der Waals surface area contributed by atoms with Crippen LogP contribution in [0.3, 0.4) is 0 Å². The summed E-state index contributed by atoms with van der Waals surface area (Å²) in [4.78, 5) is 36.7. The van der Waals surface area contributed by atoms with Gasteiger partial charge in [0.05, 0.1) is 9.17 Å². The SMILES string of the molecule is C=C.CC.CC(C)(C)OC=O.CCc1ccccc1CCn1c(=O)n(C(C)(C)C)c(=O)c2c(C)c(Br)sc21. The van der Waals surface area contributed by atoms with Gasteiger partial charge in [-0.15, -0.1) is 24.5 Å². The van der Waals surface area contributed by atoms with Crippen molar-refractivity contribution in [1.29, 1.82) is 0 Å². The van der Waals surface area contributed by atoms with E-state index in [1.807, 2.05) is 74.4 Å². The second-order valence-corrected chi connectivity index (χ2v) is 12.4. The highest BCUT2D eigenvalue weighted by atomic mass is 79.9. The fourth-order valence-electron chi connectivity index (χ4n) is 3.63. The molecule has 0 spiro atoms. The standard InChI is InChI=1S/C21H25BrN2O2S.C5H10O2.C2H6.C2H4/c1-6-14-9-7-8-10-15(14)11-12-23-19-16(13(2)17(22)27-19)18(25)24(20(23)26)21(3,4)5;1-5(2,3)7-4-6;2*1-2/h7-10H,6,11-12H2,1-5H3;4H,1-3H3;1-2H3;1-2H2. The molecule has 0 saturated heterocycles. The topological polar surface area (TPSA) is 70.3 Å². The zero-order valence-electron chi connectivity index (χ0n) is 24.7. The molecule has 3 rings (SSSR count). The minimum atomic E-state index is -0.577. The maximum atomic E-state index is 13.3. The lowest BCUT2D eigenvalue weighted by Crippen LogP contribution is -2.47. The third-order valence-electron chi connectivity index (χ3n) is 5.33. The van der Waals surface area contributed by atoms with E-state index < -0.39 is 5.54 Å². The highest BCUT2D eigenvalue weighted by Crippen LogP contribution is 2.32. The zero-order valence-corrected chi connectivity index (χ0v) is 27.1. The van der Waals surface area contributed by atoms with Gasteiger partial charge < -0.3 is 4.74 Å². The summed E-state index contributed by atoms with van der Waals surface area (Å²) in [6.45, 7) is 26.2. The number of fused-ring (bicyclic) bond motifs is 1. The first-order valence-electron chi connectivity index (χ1n) is 12.9. The maximum Gasteiger partial charge on any atom is 0.332 e. The van der Waals surface area contributed by atoms with Crippen LogP contribution < -0.4 is 11.2 Å². The van der Waals surface area contributed by atoms with Gasteiger partial charge in [-0.3, -0.25) is 18.7 Å². The van der Waals surface area contributed by atoms with E-state index in [1.54, 1.807) is 4.57 Å². The average Bonchev–Trinajstić information content (AvgIpc) is 3.14. The number of thiophene rings is 1. The van der Waals surface area contributed by atoms with Crippen LogP contribution in [-0.4, -0.2) is 21.2 Å². The predicted octanol–water partition coefficient (Wildman–Crippen LogP) is 7.64. The van der Waals surface area contributed by atoms with Crippen molar-refractivity contribution in [1.82, 2.24) is 9.13 Å². The van der Waals surface area contributed by atoms with E-state index in [0.717, 1.165) is 27.0 Å². The van der Waals surface area contributed by atoms with Crippen LogP contribution in [0.4, 0.5) is 0 Å². The third-order valence-corrected chi connectivity index (χ3v) is 7.51. The molecule has 0 N–H and O–H groups in total. The first-order valence-corrected chi connectivity index (χ1v) is 14.5. The van der Waals surface area contributed by atoms with Crippen LogP contribution in [0.25, 0.3) is 10.2 Å². The van der Waals surface area contributed by atoms with Crippen molar-refractivity contribution in [2.45, 2.75) is 99.8 Å². The number of aryl methyl sites for hydroxylation is 4. The van der Waals surface area contributed by atoms with Crippen LogP contribution >= 0.6 is 27.3 Å². The number of hydrogen-bond acceptors (Lipinski definition) is 5. The molecule has 2 heterocycles. The van der Waals surface area contributed by atoms with Gasteiger partial charge in [0.1, 0.15) is 10.4 Å². The van der Waals surface area contributed by atoms with Crippen LogP contribution in [0.1, 0.15) is 79.0 Å². The van der Waals surface area contributed by atoms with E-state index in [9.17, 15) is 14.4 Å². The van der Waals surface area contributed by atoms with Gasteiger partial charge in [0, 0.05) is 12.1 Å². The lowest BCUT2D eigenvalue weighted by molar-refractivity contribution is -0.138. The number of hydrogen-bond donors (Lipinski definition) is 0. The van der Waals surface area contributed by atoms with Crippen LogP contribution in [0, 0.1) is 6.92 Å². The van der Waals surface area contributed by atoms with Crippen LogP contribution in [-0.2, 0) is 34.5 Å². The zero-order chi connectivity index (χ0) is 29.8. The Bertz CT molecular complexity index is 1290. The van der Waals surface area contributed by atoms with Crippen molar-refractivity contribution in [2.24, 2.45) is 0 Å². The molecule has 0 aliphatic carbocycles. The van der Waals surface area contributed by atoms with Crippen molar-refractivity contribution in [2.75, 3.05) is 0 Å². The Kier molecular flexibility index (Phi) is 14.8. The summed E-state index contributed by atoms with van der Waals surface area (Å²) in [5, 5.41) is 0.644. The molecule has 8 heteroatoms. The van der Waals surface area contributed by atoms with Gasteiger partial charge in [-0.2, -0.15) is 0 Å². The molecule has 0 aliphatic heterocycles. The smallest absolute Gasteiger partial charge is 0.332 e. The summed E-state index contributed by atoms with van der Waals surface area (Å²) in [6.07, 6.45) is 1.72. The molecule has 0 fully saturated rings. The number of halogens is 1. The summed E-state index contributed by atoms with van der Waals surface area (Å²) in [6, 6.07) is 8.34. The van der Waals surface area contributed by atoms with Crippen LogP contribution in [0.2, 0.25) is 0 Å². The number of nitrogens with zero attached hydrogens (tertiary/aromatic N) is 2. The molecule has 0 bridgehead atoms. The molecule has 2 aromatic heterocycles. The minimum absolute atomic E-state index is 0.202. The molecule has 1 aromatic carbocycles. The number of benzene rings is 1. The quantitative estimate of drug-likeness (QED) is 0.220. The van der Waals surface area contributed by atoms with Crippen molar-refractivity contribution in [3.8, 4) is 0 Å². The van der Waals surface area contributed by atoms with E-state index in [2.05, 4.69) is 52.9 Å². The largest absolute Gasteiger partial charge is 0.462 e. The first kappa shape index (κ1) is 35.5. The molecule has 0 amide bonds. The Hall–Kier alpha value is -2.45. The lowest BCUT2D eigenvalue weighted by Gasteiger charge is -2.23. The number of aromatic nitrogens is 2. The molecule has 0 atom stereocenters. The molecule has 0 saturated carbocycles. The minimum Gasteiger partial charge on any atom is -0.462 e. The Morgan fingerprint density at radius 1 is 1.03 bits per heavy atom. The first-order chi connectivity index (χ1) is 17.7. The fourth-order valence-corrected chi connectivity index (χ4v) is 5.34. The number of carbonyl (C=O) groups is 1. The molecule has 0 aliphatic rings. The van der Waals surface area contributed by atoms with Crippen molar-refractivity contribution in [3.05, 3.63) is 78.7 Å². The normalized spacial score (nSPS) is 10.8. The summed E-state index contributed by atoms with van der Waals surface area (Å²) < 4.78 is 8.63. The van der Waals surface area contributed by atoms with E-state index in [1.165, 1.54) is 27.0 Å². The predicted molar refractivity (Wildman–Crippen MR) is 167 cm³/mol. The monoisotopic (exact) mass is 608 g/mol. The summed E-state index contributed by atoms with van der Waals surface area (Å²) in [7, 11) is 0. The molecule has 0 radical (unpaired) electrons. The van der Waals surface area contributed by atoms with Gasteiger partial charge in [0.2, 0.25) is 0 Å². The summed E-state index contributed by atoms with van der Waals surface area (Å²) in [5.41, 5.74) is 2.12. The molecule has 212 valence electrons. The van der Waals surface area contributed by atoms with Gasteiger partial charge in [-0.05, 0) is 93.9 Å². The molecular weight excluding hydrogens is 564 g/mol. The lowest BCUT2D eigenvalue weighted by atomic mass is 10.0. The highest BCUT2D eigenvalue weighted by Gasteiger charge is 2.25. The Morgan fingerprint density at radius 3 is 1.97 bits per heavy atom. The molecule has 3 aromatic rings. The molecular formula is C30H45BrN2O4S. The van der Waals surface area contributed by atoms with E-state index in [0.29, 0.717) is 18.4 Å². The van der Waals surface area contributed by atoms with Crippen molar-refractivity contribution in [3.63, 3.8) is 0 Å². The molecule has 6 nitrogen and oxygen atoms in total. The third kappa shape index (κ3) is 9.38. The van der Waals surface area contributed by atoms with E-state index in [-0.39, 0.29) is 16.9 Å². The van der Waals surface area contributed by atoms with E-state index >= 15 is 0 Å². The van der Waals surface area contributed by atoms with Crippen LogP contribution in [0.15, 0.2) is 50.8 Å². The molecule has 38 heavy (non-hydrogen) atoms. The van der Waals surface area contributed by atoms with Gasteiger partial charge in [0.25, 0.3) is 12.0 Å². The van der Waals surface area contributed by atoms with Crippen molar-refractivity contribution >= 4 is 44.0 Å². The summed E-state index contributed by atoms with van der Waals surface area (Å²) >= 11 is 5.01. The summed E-state index contributed by atoms with van der Waals surface area (Å²) in [5.74, 6) is 0. The van der Waals surface area contributed by atoms with Gasteiger partial charge in [-0.1, -0.05) is 45.0 Å². The van der Waals surface area contributed by atoms with Gasteiger partial charge in [-0.25, -0.2) is 4.79 Å². The number of carbonyl (C=O) groups excluding carboxylic acids is 1. The second kappa shape index (κ2) is 15.8.